The molecule has 0 aromatic heterocycles. The predicted molar refractivity (Wildman–Crippen MR) is 144 cm³/mol. The summed E-state index contributed by atoms with van der Waals surface area (Å²) in [5, 5.41) is 4.33. The van der Waals surface area contributed by atoms with Crippen LogP contribution in [0, 0.1) is 0 Å². The van der Waals surface area contributed by atoms with E-state index >= 15 is 0 Å². The van der Waals surface area contributed by atoms with E-state index in [1.807, 2.05) is 50.2 Å². The molecule has 1 atom stereocenters. The Hall–Kier alpha value is -3.47. The molecule has 3 nitrogen and oxygen atoms in total. The van der Waals surface area contributed by atoms with Crippen molar-refractivity contribution in [3.05, 3.63) is 97.1 Å². The molecule has 0 heterocycles. The summed E-state index contributed by atoms with van der Waals surface area (Å²) < 4.78 is 22.5. The van der Waals surface area contributed by atoms with Crippen molar-refractivity contribution in [2.75, 3.05) is 7.11 Å². The van der Waals surface area contributed by atoms with Gasteiger partial charge in [-0.15, -0.1) is 0 Å². The standard InChI is InChI=1S/C30H27NO2S/c1-20(2)31-34(32)28-18-15-22-11-7-8-12-25(22)30(28)29-26-16-13-23(21-9-5-4-6-10-21)19-24(26)14-17-27(29)33-3/h4-20,31H,1-3H3. The Morgan fingerprint density at radius 3 is 2.18 bits per heavy atom. The molecule has 5 rings (SSSR count). The summed E-state index contributed by atoms with van der Waals surface area (Å²) in [6.45, 7) is 4.00. The van der Waals surface area contributed by atoms with Gasteiger partial charge < -0.3 is 4.74 Å². The molecule has 0 fully saturated rings. The third kappa shape index (κ3) is 4.11. The minimum atomic E-state index is -1.37. The van der Waals surface area contributed by atoms with Crippen LogP contribution in [0.4, 0.5) is 0 Å². The van der Waals surface area contributed by atoms with Crippen LogP contribution in [0.15, 0.2) is 102 Å². The van der Waals surface area contributed by atoms with E-state index in [1.54, 1.807) is 7.11 Å². The second-order valence-electron chi connectivity index (χ2n) is 8.65. The fourth-order valence-electron chi connectivity index (χ4n) is 4.49. The zero-order valence-electron chi connectivity index (χ0n) is 19.5. The monoisotopic (exact) mass is 465 g/mol. The van der Waals surface area contributed by atoms with Gasteiger partial charge in [-0.1, -0.05) is 78.9 Å². The van der Waals surface area contributed by atoms with Gasteiger partial charge in [0.1, 0.15) is 16.7 Å². The van der Waals surface area contributed by atoms with Gasteiger partial charge in [0.25, 0.3) is 0 Å². The lowest BCUT2D eigenvalue weighted by Crippen LogP contribution is -2.25. The molecule has 1 N–H and O–H groups in total. The van der Waals surface area contributed by atoms with Crippen LogP contribution in [0.1, 0.15) is 13.8 Å². The average molecular weight is 466 g/mol. The zero-order valence-corrected chi connectivity index (χ0v) is 20.4. The Bertz CT molecular complexity index is 1510. The number of benzene rings is 5. The van der Waals surface area contributed by atoms with Crippen LogP contribution in [-0.2, 0) is 11.0 Å². The molecule has 0 bridgehead atoms. The first-order valence-corrected chi connectivity index (χ1v) is 12.6. The molecule has 0 aliphatic heterocycles. The van der Waals surface area contributed by atoms with Gasteiger partial charge in [0.2, 0.25) is 0 Å². The Labute approximate surface area is 203 Å². The van der Waals surface area contributed by atoms with Crippen molar-refractivity contribution in [3.63, 3.8) is 0 Å². The molecule has 0 saturated carbocycles. The van der Waals surface area contributed by atoms with Gasteiger partial charge in [-0.3, -0.25) is 0 Å². The molecule has 0 saturated heterocycles. The Morgan fingerprint density at radius 1 is 0.706 bits per heavy atom. The Morgan fingerprint density at radius 2 is 1.41 bits per heavy atom. The first-order chi connectivity index (χ1) is 16.6. The predicted octanol–water partition coefficient (Wildman–Crippen LogP) is 7.36. The van der Waals surface area contributed by atoms with E-state index in [-0.39, 0.29) is 6.04 Å². The van der Waals surface area contributed by atoms with Gasteiger partial charge in [-0.25, -0.2) is 8.93 Å². The van der Waals surface area contributed by atoms with Crippen LogP contribution in [0.3, 0.4) is 0 Å². The van der Waals surface area contributed by atoms with Crippen LogP contribution in [0.25, 0.3) is 43.8 Å². The molecular formula is C30H27NO2S. The van der Waals surface area contributed by atoms with Gasteiger partial charge in [0.15, 0.2) is 0 Å². The van der Waals surface area contributed by atoms with E-state index in [9.17, 15) is 4.21 Å². The minimum Gasteiger partial charge on any atom is -0.496 e. The lowest BCUT2D eigenvalue weighted by molar-refractivity contribution is 0.417. The quantitative estimate of drug-likeness (QED) is 0.285. The van der Waals surface area contributed by atoms with Crippen molar-refractivity contribution < 1.29 is 8.95 Å². The lowest BCUT2D eigenvalue weighted by atomic mass is 9.91. The molecule has 0 radical (unpaired) electrons. The maximum absolute atomic E-state index is 13.4. The highest BCUT2D eigenvalue weighted by Gasteiger charge is 2.21. The molecule has 0 aliphatic rings. The number of hydrogen-bond acceptors (Lipinski definition) is 2. The average Bonchev–Trinajstić information content (AvgIpc) is 2.87. The lowest BCUT2D eigenvalue weighted by Gasteiger charge is -2.19. The summed E-state index contributed by atoms with van der Waals surface area (Å²) in [6, 6.07) is 33.3. The van der Waals surface area contributed by atoms with Gasteiger partial charge >= 0.3 is 0 Å². The molecular weight excluding hydrogens is 438 g/mol. The number of nitrogens with one attached hydrogen (secondary N) is 1. The molecule has 5 aromatic rings. The van der Waals surface area contributed by atoms with Crippen molar-refractivity contribution in [2.24, 2.45) is 0 Å². The van der Waals surface area contributed by atoms with Crippen LogP contribution in [-0.4, -0.2) is 17.4 Å². The van der Waals surface area contributed by atoms with Crippen molar-refractivity contribution in [1.82, 2.24) is 4.72 Å². The van der Waals surface area contributed by atoms with E-state index in [0.717, 1.165) is 48.9 Å². The molecule has 34 heavy (non-hydrogen) atoms. The SMILES string of the molecule is COc1ccc2cc(-c3ccccc3)ccc2c1-c1c(S(=O)NC(C)C)ccc2ccccc12. The largest absolute Gasteiger partial charge is 0.496 e. The smallest absolute Gasteiger partial charge is 0.127 e. The Balaban J connectivity index is 1.83. The van der Waals surface area contributed by atoms with E-state index in [2.05, 4.69) is 65.4 Å². The second kappa shape index (κ2) is 9.41. The van der Waals surface area contributed by atoms with Gasteiger partial charge in [0, 0.05) is 17.2 Å². The molecule has 0 spiro atoms. The summed E-state index contributed by atoms with van der Waals surface area (Å²) in [5.41, 5.74) is 4.24. The molecule has 1 unspecified atom stereocenters. The number of methoxy groups -OCH3 is 1. The number of ether oxygens (including phenoxy) is 1. The van der Waals surface area contributed by atoms with Gasteiger partial charge in [-0.05, 0) is 64.7 Å². The highest BCUT2D eigenvalue weighted by atomic mass is 32.2. The van der Waals surface area contributed by atoms with Gasteiger partial charge in [0.05, 0.1) is 12.0 Å². The number of fused-ring (bicyclic) bond motifs is 2. The van der Waals surface area contributed by atoms with Crippen molar-refractivity contribution >= 4 is 32.5 Å². The molecule has 170 valence electrons. The first-order valence-electron chi connectivity index (χ1n) is 11.4. The third-order valence-corrected chi connectivity index (χ3v) is 7.42. The van der Waals surface area contributed by atoms with Gasteiger partial charge in [-0.2, -0.15) is 0 Å². The third-order valence-electron chi connectivity index (χ3n) is 5.99. The first kappa shape index (κ1) is 22.3. The summed E-state index contributed by atoms with van der Waals surface area (Å²) in [6.07, 6.45) is 0. The maximum atomic E-state index is 13.4. The maximum Gasteiger partial charge on any atom is 0.127 e. The van der Waals surface area contributed by atoms with Crippen LogP contribution >= 0.6 is 0 Å². The van der Waals surface area contributed by atoms with Crippen LogP contribution in [0.5, 0.6) is 5.75 Å². The summed E-state index contributed by atoms with van der Waals surface area (Å²) >= 11 is 0. The Kier molecular flexibility index (Phi) is 6.18. The molecule has 0 aliphatic carbocycles. The van der Waals surface area contributed by atoms with Crippen molar-refractivity contribution in [1.29, 1.82) is 0 Å². The molecule has 0 amide bonds. The normalized spacial score (nSPS) is 12.4. The van der Waals surface area contributed by atoms with E-state index in [0.29, 0.717) is 0 Å². The number of rotatable bonds is 6. The topological polar surface area (TPSA) is 38.3 Å². The van der Waals surface area contributed by atoms with Crippen molar-refractivity contribution in [2.45, 2.75) is 24.8 Å². The summed E-state index contributed by atoms with van der Waals surface area (Å²) in [5.74, 6) is 0.763. The summed E-state index contributed by atoms with van der Waals surface area (Å²) in [7, 11) is 0.317. The summed E-state index contributed by atoms with van der Waals surface area (Å²) in [4.78, 5) is 0.755. The number of hydrogen-bond donors (Lipinski definition) is 1. The van der Waals surface area contributed by atoms with Crippen LogP contribution in [0.2, 0.25) is 0 Å². The minimum absolute atomic E-state index is 0.0861. The molecule has 4 heteroatoms. The molecule has 5 aromatic carbocycles. The van der Waals surface area contributed by atoms with Crippen LogP contribution < -0.4 is 9.46 Å². The highest BCUT2D eigenvalue weighted by molar-refractivity contribution is 7.83. The van der Waals surface area contributed by atoms with E-state index < -0.39 is 11.0 Å². The fraction of sp³-hybridized carbons (Fsp3) is 0.133. The fourth-order valence-corrected chi connectivity index (χ4v) is 5.63. The van der Waals surface area contributed by atoms with E-state index in [4.69, 9.17) is 4.74 Å². The van der Waals surface area contributed by atoms with E-state index in [1.165, 1.54) is 5.56 Å². The second-order valence-corrected chi connectivity index (χ2v) is 9.86. The van der Waals surface area contributed by atoms with Crippen molar-refractivity contribution in [3.8, 4) is 28.0 Å². The highest BCUT2D eigenvalue weighted by Crippen LogP contribution is 2.44. The zero-order chi connectivity index (χ0) is 23.7.